The van der Waals surface area contributed by atoms with E-state index < -0.39 is 18.8 Å². The van der Waals surface area contributed by atoms with Gasteiger partial charge in [-0.15, -0.1) is 0 Å². The first-order chi connectivity index (χ1) is 20.4. The Morgan fingerprint density at radius 2 is 1.88 bits per heavy atom. The van der Waals surface area contributed by atoms with E-state index in [4.69, 9.17) is 10.5 Å². The van der Waals surface area contributed by atoms with Gasteiger partial charge in [0.15, 0.2) is 5.13 Å². The summed E-state index contributed by atoms with van der Waals surface area (Å²) in [4.78, 5) is 48.0. The summed E-state index contributed by atoms with van der Waals surface area (Å²) in [6, 6.07) is 4.95. The highest BCUT2D eigenvalue weighted by Crippen LogP contribution is 2.42. The summed E-state index contributed by atoms with van der Waals surface area (Å²) in [5.74, 6) is 0.726. The molecule has 3 heterocycles. The number of thiazole rings is 1. The topological polar surface area (TPSA) is 118 Å². The van der Waals surface area contributed by atoms with Crippen molar-refractivity contribution in [1.29, 1.82) is 0 Å². The quantitative estimate of drug-likeness (QED) is 0.415. The van der Waals surface area contributed by atoms with Crippen LogP contribution in [0.3, 0.4) is 0 Å². The molecule has 9 nitrogen and oxygen atoms in total. The van der Waals surface area contributed by atoms with Crippen molar-refractivity contribution in [3.05, 3.63) is 18.2 Å². The van der Waals surface area contributed by atoms with E-state index in [1.165, 1.54) is 35.5 Å². The molecule has 2 aliphatic heterocycles. The summed E-state index contributed by atoms with van der Waals surface area (Å²) in [6.45, 7) is 1.03. The molecule has 3 atom stereocenters. The highest BCUT2D eigenvalue weighted by atomic mass is 32.1. The minimum absolute atomic E-state index is 0.0889. The number of benzene rings is 1. The highest BCUT2D eigenvalue weighted by Gasteiger charge is 2.47. The summed E-state index contributed by atoms with van der Waals surface area (Å²) in [6.07, 6.45) is 9.83. The maximum atomic E-state index is 14.0. The van der Waals surface area contributed by atoms with Crippen LogP contribution in [0.4, 0.5) is 20.0 Å². The number of alkyl halides is 1. The first-order valence-electron chi connectivity index (χ1n) is 15.7. The molecule has 2 saturated heterocycles. The standard InChI is InChI=1S/C31H42FN5O4S/c32-14-12-24(33)20-6-8-21(9-7-20)29(39)36-15-13-23(19-4-2-1-3-5-19)27(36)28(38)34-22-10-11-25-26(18-22)42-30(35-25)37-16-17-41-31(37)40/h10-11,18-21,23-24,27H,1-9,12-17,33H2,(H,34,38)/t20-,21-,23-,24+,27-/m0/s1. The first-order valence-corrected chi connectivity index (χ1v) is 16.5. The number of nitrogens with zero attached hydrogens (tertiary/aromatic N) is 3. The smallest absolute Gasteiger partial charge is 0.416 e. The Morgan fingerprint density at radius 3 is 2.60 bits per heavy atom. The molecule has 2 aliphatic carbocycles. The van der Waals surface area contributed by atoms with Crippen LogP contribution >= 0.6 is 11.3 Å². The number of nitrogens with one attached hydrogen (secondary N) is 1. The monoisotopic (exact) mass is 599 g/mol. The second-order valence-electron chi connectivity index (χ2n) is 12.5. The van der Waals surface area contributed by atoms with E-state index in [9.17, 15) is 18.8 Å². The molecule has 1 aromatic heterocycles. The molecule has 228 valence electrons. The Bertz CT molecular complexity index is 1290. The van der Waals surface area contributed by atoms with Gasteiger partial charge in [-0.2, -0.15) is 0 Å². The molecule has 6 rings (SSSR count). The zero-order chi connectivity index (χ0) is 29.2. The van der Waals surface area contributed by atoms with Gasteiger partial charge >= 0.3 is 6.09 Å². The van der Waals surface area contributed by atoms with Crippen LogP contribution < -0.4 is 16.0 Å². The number of amides is 3. The van der Waals surface area contributed by atoms with Crippen LogP contribution in [0.5, 0.6) is 0 Å². The van der Waals surface area contributed by atoms with Gasteiger partial charge in [-0.1, -0.05) is 43.4 Å². The minimum Gasteiger partial charge on any atom is -0.447 e. The molecule has 42 heavy (non-hydrogen) atoms. The van der Waals surface area contributed by atoms with Crippen molar-refractivity contribution >= 4 is 50.3 Å². The third kappa shape index (κ3) is 6.00. The van der Waals surface area contributed by atoms with Gasteiger partial charge in [0.25, 0.3) is 0 Å². The number of fused-ring (bicyclic) bond motifs is 1. The van der Waals surface area contributed by atoms with Gasteiger partial charge in [0, 0.05) is 24.2 Å². The van der Waals surface area contributed by atoms with Crippen LogP contribution in [0.1, 0.15) is 70.6 Å². The molecule has 3 N–H and O–H groups in total. The van der Waals surface area contributed by atoms with Crippen molar-refractivity contribution in [2.45, 2.75) is 82.7 Å². The number of rotatable bonds is 8. The molecule has 1 aromatic carbocycles. The minimum atomic E-state index is -0.487. The predicted molar refractivity (Wildman–Crippen MR) is 161 cm³/mol. The second-order valence-corrected chi connectivity index (χ2v) is 13.5. The molecule has 4 aliphatic rings. The van der Waals surface area contributed by atoms with E-state index in [2.05, 4.69) is 10.3 Å². The largest absolute Gasteiger partial charge is 0.447 e. The number of cyclic esters (lactones) is 1. The molecule has 2 aromatic rings. The summed E-state index contributed by atoms with van der Waals surface area (Å²) in [5.41, 5.74) is 7.62. The molecule has 4 fully saturated rings. The summed E-state index contributed by atoms with van der Waals surface area (Å²) < 4.78 is 18.8. The molecular formula is C31H42FN5O4S. The van der Waals surface area contributed by atoms with Gasteiger partial charge in [0.05, 0.1) is 23.4 Å². The first kappa shape index (κ1) is 29.3. The van der Waals surface area contributed by atoms with Crippen molar-refractivity contribution in [3.63, 3.8) is 0 Å². The number of carbonyl (C=O) groups excluding carboxylic acids is 3. The normalized spacial score (nSPS) is 27.8. The van der Waals surface area contributed by atoms with Crippen LogP contribution in [0.15, 0.2) is 18.2 Å². The van der Waals surface area contributed by atoms with Gasteiger partial charge < -0.3 is 20.7 Å². The Labute approximate surface area is 250 Å². The number of nitrogens with two attached hydrogens (primary N) is 1. The summed E-state index contributed by atoms with van der Waals surface area (Å²) >= 11 is 1.39. The number of hydrogen-bond donors (Lipinski definition) is 2. The van der Waals surface area contributed by atoms with Crippen molar-refractivity contribution in [1.82, 2.24) is 9.88 Å². The Morgan fingerprint density at radius 1 is 1.10 bits per heavy atom. The van der Waals surface area contributed by atoms with Gasteiger partial charge in [-0.25, -0.2) is 14.7 Å². The van der Waals surface area contributed by atoms with Crippen LogP contribution in [0.2, 0.25) is 0 Å². The lowest BCUT2D eigenvalue weighted by molar-refractivity contribution is -0.142. The molecule has 11 heteroatoms. The van der Waals surface area contributed by atoms with Crippen molar-refractivity contribution in [3.8, 4) is 0 Å². The molecule has 3 amide bonds. The van der Waals surface area contributed by atoms with E-state index in [1.54, 1.807) is 0 Å². The number of carbonyl (C=O) groups is 3. The third-order valence-electron chi connectivity index (χ3n) is 10.1. The van der Waals surface area contributed by atoms with Crippen LogP contribution in [0.25, 0.3) is 10.2 Å². The lowest BCUT2D eigenvalue weighted by atomic mass is 9.76. The van der Waals surface area contributed by atoms with Crippen molar-refractivity contribution < 1.29 is 23.5 Å². The molecule has 2 saturated carbocycles. The summed E-state index contributed by atoms with van der Waals surface area (Å²) in [5, 5.41) is 3.73. The number of halogens is 1. The zero-order valence-corrected chi connectivity index (χ0v) is 25.0. The molecule has 0 unspecified atom stereocenters. The maximum Gasteiger partial charge on any atom is 0.416 e. The lowest BCUT2D eigenvalue weighted by Gasteiger charge is -2.37. The molecule has 0 radical (unpaired) electrons. The third-order valence-corrected chi connectivity index (χ3v) is 11.1. The molecular weight excluding hydrogens is 557 g/mol. The predicted octanol–water partition coefficient (Wildman–Crippen LogP) is 5.48. The number of likely N-dealkylation sites (tertiary alicyclic amines) is 1. The van der Waals surface area contributed by atoms with Gasteiger partial charge in [-0.05, 0) is 74.5 Å². The van der Waals surface area contributed by atoms with Gasteiger partial charge in [0.1, 0.15) is 12.6 Å². The maximum absolute atomic E-state index is 14.0. The van der Waals surface area contributed by atoms with E-state index in [0.29, 0.717) is 42.9 Å². The number of hydrogen-bond acceptors (Lipinski definition) is 7. The molecule has 0 spiro atoms. The van der Waals surface area contributed by atoms with Gasteiger partial charge in [0.2, 0.25) is 11.8 Å². The lowest BCUT2D eigenvalue weighted by Crippen LogP contribution is -2.50. The Kier molecular flexibility index (Phi) is 8.95. The Hall–Kier alpha value is -2.79. The van der Waals surface area contributed by atoms with Crippen LogP contribution in [0, 0.1) is 23.7 Å². The Balaban J connectivity index is 1.18. The van der Waals surface area contributed by atoms with Crippen LogP contribution in [-0.2, 0) is 14.3 Å². The highest BCUT2D eigenvalue weighted by molar-refractivity contribution is 7.22. The second kappa shape index (κ2) is 12.8. The molecule has 0 bridgehead atoms. The van der Waals surface area contributed by atoms with Gasteiger partial charge in [-0.3, -0.25) is 14.0 Å². The van der Waals surface area contributed by atoms with Crippen molar-refractivity contribution in [2.24, 2.45) is 29.4 Å². The number of ether oxygens (including phenoxy) is 1. The van der Waals surface area contributed by atoms with E-state index >= 15 is 0 Å². The van der Waals surface area contributed by atoms with E-state index in [1.807, 2.05) is 23.1 Å². The fraction of sp³-hybridized carbons (Fsp3) is 0.677. The number of anilines is 2. The van der Waals surface area contributed by atoms with Crippen molar-refractivity contribution in [2.75, 3.05) is 36.6 Å². The zero-order valence-electron chi connectivity index (χ0n) is 24.1. The van der Waals surface area contributed by atoms with Crippen LogP contribution in [-0.4, -0.2) is 66.2 Å². The number of aromatic nitrogens is 1. The fourth-order valence-electron chi connectivity index (χ4n) is 7.73. The SMILES string of the molecule is N[C@H](CCF)[C@H]1CC[C@H](C(=O)N2CC[C@@H](C3CCCCC3)[C@H]2C(=O)Nc2ccc3nc(N4CCOC4=O)sc3c2)CC1. The average molecular weight is 600 g/mol. The average Bonchev–Trinajstić information content (AvgIpc) is 3.75. The fourth-order valence-corrected chi connectivity index (χ4v) is 8.76. The van der Waals surface area contributed by atoms with E-state index in [-0.39, 0.29) is 35.6 Å². The summed E-state index contributed by atoms with van der Waals surface area (Å²) in [7, 11) is 0. The van der Waals surface area contributed by atoms with E-state index in [0.717, 1.165) is 55.2 Å².